The van der Waals surface area contributed by atoms with Crippen LogP contribution in [-0.4, -0.2) is 18.4 Å². The molecule has 0 aromatic heterocycles. The molecular formula is C15H21BrN2O2. The van der Waals surface area contributed by atoms with Gasteiger partial charge in [0.05, 0.1) is 0 Å². The summed E-state index contributed by atoms with van der Waals surface area (Å²) in [5, 5.41) is 5.61. The number of hydrogen-bond acceptors (Lipinski definition) is 2. The minimum Gasteiger partial charge on any atom is -0.355 e. The molecule has 0 aliphatic rings. The maximum atomic E-state index is 11.8. The molecule has 1 rings (SSSR count). The molecule has 0 aliphatic carbocycles. The number of carbonyl (C=O) groups is 2. The molecule has 0 aliphatic heterocycles. The van der Waals surface area contributed by atoms with Gasteiger partial charge in [-0.2, -0.15) is 0 Å². The van der Waals surface area contributed by atoms with Crippen LogP contribution in [0.25, 0.3) is 0 Å². The van der Waals surface area contributed by atoms with Crippen molar-refractivity contribution in [3.63, 3.8) is 0 Å². The van der Waals surface area contributed by atoms with E-state index in [0.29, 0.717) is 6.54 Å². The summed E-state index contributed by atoms with van der Waals surface area (Å²) < 4.78 is 0.920. The van der Waals surface area contributed by atoms with Gasteiger partial charge in [0.1, 0.15) is 0 Å². The van der Waals surface area contributed by atoms with E-state index in [1.54, 1.807) is 0 Å². The lowest BCUT2D eigenvalue weighted by molar-refractivity contribution is -0.124. The van der Waals surface area contributed by atoms with E-state index in [9.17, 15) is 9.59 Å². The van der Waals surface area contributed by atoms with Crippen LogP contribution in [0.3, 0.4) is 0 Å². The van der Waals surface area contributed by atoms with Crippen LogP contribution in [0.5, 0.6) is 0 Å². The zero-order valence-corrected chi connectivity index (χ0v) is 13.7. The maximum Gasteiger partial charge on any atom is 0.226 e. The van der Waals surface area contributed by atoms with Crippen LogP contribution >= 0.6 is 15.9 Å². The average Bonchev–Trinajstić information content (AvgIpc) is 2.41. The van der Waals surface area contributed by atoms with Gasteiger partial charge in [0.2, 0.25) is 11.8 Å². The molecule has 2 N–H and O–H groups in total. The smallest absolute Gasteiger partial charge is 0.226 e. The number of nitrogens with one attached hydrogen (secondary N) is 2. The second-order valence-corrected chi connectivity index (χ2v) is 5.77. The number of aryl methyl sites for hydroxylation is 1. The molecule has 0 heterocycles. The van der Waals surface area contributed by atoms with Gasteiger partial charge in [0.15, 0.2) is 0 Å². The van der Waals surface area contributed by atoms with Crippen LogP contribution in [0.1, 0.15) is 32.3 Å². The topological polar surface area (TPSA) is 58.2 Å². The molecule has 0 saturated heterocycles. The van der Waals surface area contributed by atoms with Crippen LogP contribution in [0.15, 0.2) is 22.7 Å². The fourth-order valence-corrected chi connectivity index (χ4v) is 1.96. The standard InChI is InChI=1S/C15H21BrN2O2/c1-4-10(2)15(20)17-8-7-14(19)18-13-9-12(16)6-5-11(13)3/h5-6,9-10H,4,7-8H2,1-3H3,(H,17,20)(H,18,19). The fourth-order valence-electron chi connectivity index (χ4n) is 1.60. The molecular weight excluding hydrogens is 320 g/mol. The van der Waals surface area contributed by atoms with Gasteiger partial charge < -0.3 is 10.6 Å². The first kappa shape index (κ1) is 16.7. The quantitative estimate of drug-likeness (QED) is 0.834. The Bertz CT molecular complexity index is 489. The summed E-state index contributed by atoms with van der Waals surface area (Å²) in [6, 6.07) is 5.73. The molecule has 2 amide bonds. The van der Waals surface area contributed by atoms with Gasteiger partial charge in [0, 0.05) is 29.0 Å². The lowest BCUT2D eigenvalue weighted by Crippen LogP contribution is -2.31. The van der Waals surface area contributed by atoms with Crippen molar-refractivity contribution in [2.24, 2.45) is 5.92 Å². The van der Waals surface area contributed by atoms with E-state index in [1.807, 2.05) is 39.0 Å². The normalized spacial score (nSPS) is 11.8. The highest BCUT2D eigenvalue weighted by Gasteiger charge is 2.10. The first-order chi connectivity index (χ1) is 9.43. The highest BCUT2D eigenvalue weighted by Crippen LogP contribution is 2.20. The number of anilines is 1. The molecule has 4 nitrogen and oxygen atoms in total. The van der Waals surface area contributed by atoms with Crippen molar-refractivity contribution in [2.45, 2.75) is 33.6 Å². The first-order valence-corrected chi connectivity index (χ1v) is 7.57. The molecule has 0 saturated carbocycles. The Morgan fingerprint density at radius 1 is 1.35 bits per heavy atom. The third-order valence-corrected chi connectivity index (χ3v) is 3.68. The molecule has 20 heavy (non-hydrogen) atoms. The summed E-state index contributed by atoms with van der Waals surface area (Å²) in [7, 11) is 0. The Morgan fingerprint density at radius 3 is 2.70 bits per heavy atom. The van der Waals surface area contributed by atoms with Gasteiger partial charge in [-0.05, 0) is 31.0 Å². The Labute approximate surface area is 128 Å². The molecule has 0 fully saturated rings. The number of rotatable bonds is 6. The molecule has 1 aromatic rings. The third-order valence-electron chi connectivity index (χ3n) is 3.18. The molecule has 5 heteroatoms. The number of halogens is 1. The molecule has 0 radical (unpaired) electrons. The first-order valence-electron chi connectivity index (χ1n) is 6.77. The second kappa shape index (κ2) is 8.04. The van der Waals surface area contributed by atoms with Crippen LogP contribution in [-0.2, 0) is 9.59 Å². The van der Waals surface area contributed by atoms with Crippen LogP contribution in [0.2, 0.25) is 0 Å². The number of hydrogen-bond donors (Lipinski definition) is 2. The second-order valence-electron chi connectivity index (χ2n) is 4.86. The van der Waals surface area contributed by atoms with Crippen molar-refractivity contribution in [3.05, 3.63) is 28.2 Å². The zero-order valence-electron chi connectivity index (χ0n) is 12.1. The third kappa shape index (κ3) is 5.33. The van der Waals surface area contributed by atoms with Crippen molar-refractivity contribution < 1.29 is 9.59 Å². The molecule has 1 unspecified atom stereocenters. The van der Waals surface area contributed by atoms with E-state index in [4.69, 9.17) is 0 Å². The maximum absolute atomic E-state index is 11.8. The predicted molar refractivity (Wildman–Crippen MR) is 84.6 cm³/mol. The summed E-state index contributed by atoms with van der Waals surface area (Å²) in [4.78, 5) is 23.4. The SMILES string of the molecule is CCC(C)C(=O)NCCC(=O)Nc1cc(Br)ccc1C. The lowest BCUT2D eigenvalue weighted by atomic mass is 10.1. The highest BCUT2D eigenvalue weighted by molar-refractivity contribution is 9.10. The Balaban J connectivity index is 2.41. The summed E-state index contributed by atoms with van der Waals surface area (Å²) in [6.45, 7) is 6.14. The van der Waals surface area contributed by atoms with Crippen LogP contribution < -0.4 is 10.6 Å². The van der Waals surface area contributed by atoms with E-state index < -0.39 is 0 Å². The minimum atomic E-state index is -0.101. The number of benzene rings is 1. The summed E-state index contributed by atoms with van der Waals surface area (Å²) >= 11 is 3.37. The van der Waals surface area contributed by atoms with Crippen molar-refractivity contribution in [2.75, 3.05) is 11.9 Å². The van der Waals surface area contributed by atoms with Gasteiger partial charge in [-0.1, -0.05) is 35.8 Å². The molecule has 0 spiro atoms. The fraction of sp³-hybridized carbons (Fsp3) is 0.467. The lowest BCUT2D eigenvalue weighted by Gasteiger charge is -2.11. The Hall–Kier alpha value is -1.36. The highest BCUT2D eigenvalue weighted by atomic mass is 79.9. The van der Waals surface area contributed by atoms with Gasteiger partial charge >= 0.3 is 0 Å². The van der Waals surface area contributed by atoms with Crippen molar-refractivity contribution in [1.29, 1.82) is 0 Å². The monoisotopic (exact) mass is 340 g/mol. The van der Waals surface area contributed by atoms with E-state index in [1.165, 1.54) is 0 Å². The van der Waals surface area contributed by atoms with Gasteiger partial charge in [-0.3, -0.25) is 9.59 Å². The number of carbonyl (C=O) groups excluding carboxylic acids is 2. The van der Waals surface area contributed by atoms with Gasteiger partial charge in [-0.15, -0.1) is 0 Å². The molecule has 1 atom stereocenters. The predicted octanol–water partition coefficient (Wildman–Crippen LogP) is 3.25. The Kier molecular flexibility index (Phi) is 6.71. The zero-order chi connectivity index (χ0) is 15.1. The molecule has 0 bridgehead atoms. The Morgan fingerprint density at radius 2 is 2.05 bits per heavy atom. The van der Waals surface area contributed by atoms with E-state index >= 15 is 0 Å². The van der Waals surface area contributed by atoms with E-state index in [0.717, 1.165) is 22.1 Å². The summed E-state index contributed by atoms with van der Waals surface area (Å²) in [5.41, 5.74) is 1.79. The summed E-state index contributed by atoms with van der Waals surface area (Å²) in [6.07, 6.45) is 1.07. The van der Waals surface area contributed by atoms with Crippen LogP contribution in [0.4, 0.5) is 5.69 Å². The largest absolute Gasteiger partial charge is 0.355 e. The van der Waals surface area contributed by atoms with Crippen molar-refractivity contribution >= 4 is 33.4 Å². The minimum absolute atomic E-state index is 0.000985. The average molecular weight is 341 g/mol. The van der Waals surface area contributed by atoms with Gasteiger partial charge in [0.25, 0.3) is 0 Å². The van der Waals surface area contributed by atoms with Crippen molar-refractivity contribution in [3.8, 4) is 0 Å². The number of amides is 2. The van der Waals surface area contributed by atoms with Gasteiger partial charge in [-0.25, -0.2) is 0 Å². The van der Waals surface area contributed by atoms with E-state index in [2.05, 4.69) is 26.6 Å². The summed E-state index contributed by atoms with van der Waals surface area (Å²) in [5.74, 6) is -0.111. The van der Waals surface area contributed by atoms with E-state index in [-0.39, 0.29) is 24.2 Å². The van der Waals surface area contributed by atoms with Crippen molar-refractivity contribution in [1.82, 2.24) is 5.32 Å². The molecule has 110 valence electrons. The van der Waals surface area contributed by atoms with Crippen LogP contribution in [0, 0.1) is 12.8 Å². The molecule has 1 aromatic carbocycles.